The average molecular weight is 391 g/mol. The van der Waals surface area contributed by atoms with Gasteiger partial charge in [-0.1, -0.05) is 59.8 Å². The van der Waals surface area contributed by atoms with Crippen LogP contribution < -0.4 is 5.32 Å². The number of hydrogen-bond acceptors (Lipinski definition) is 3. The van der Waals surface area contributed by atoms with Gasteiger partial charge >= 0.3 is 0 Å². The monoisotopic (exact) mass is 390 g/mol. The van der Waals surface area contributed by atoms with Crippen molar-refractivity contribution >= 4 is 17.6 Å². The lowest BCUT2D eigenvalue weighted by Gasteiger charge is -2.23. The number of nitrogens with one attached hydrogen (secondary N) is 1. The molecule has 1 heterocycles. The molecule has 0 radical (unpaired) electrons. The Bertz CT molecular complexity index is 654. The molecule has 0 aromatic carbocycles. The van der Waals surface area contributed by atoms with Gasteiger partial charge in [0.2, 0.25) is 11.8 Å². The van der Waals surface area contributed by atoms with E-state index in [0.717, 1.165) is 25.0 Å². The second-order valence-electron chi connectivity index (χ2n) is 9.19. The number of amides is 2. The molecule has 28 heavy (non-hydrogen) atoms. The van der Waals surface area contributed by atoms with Crippen LogP contribution in [0.3, 0.4) is 0 Å². The molecule has 0 saturated heterocycles. The Morgan fingerprint density at radius 3 is 2.54 bits per heavy atom. The lowest BCUT2D eigenvalue weighted by Crippen LogP contribution is -2.39. The SMILES string of the molecule is CCCCN(CC(=O)Nc1cc(C(C)(C)C)nn1C)C(=O)CCC1CCCC1. The molecule has 1 saturated carbocycles. The van der Waals surface area contributed by atoms with E-state index in [1.165, 1.54) is 25.7 Å². The Hall–Kier alpha value is -1.85. The van der Waals surface area contributed by atoms with Crippen molar-refractivity contribution in [2.24, 2.45) is 13.0 Å². The first-order valence-electron chi connectivity index (χ1n) is 10.8. The number of aryl methyl sites for hydroxylation is 1. The molecule has 0 spiro atoms. The summed E-state index contributed by atoms with van der Waals surface area (Å²) in [6, 6.07) is 1.91. The molecule has 1 aliphatic rings. The first-order chi connectivity index (χ1) is 13.2. The van der Waals surface area contributed by atoms with Crippen LogP contribution in [0.4, 0.5) is 5.82 Å². The molecular weight excluding hydrogens is 352 g/mol. The maximum atomic E-state index is 12.7. The van der Waals surface area contributed by atoms with Gasteiger partial charge in [0.15, 0.2) is 0 Å². The highest BCUT2D eigenvalue weighted by atomic mass is 16.2. The van der Waals surface area contributed by atoms with Gasteiger partial charge in [-0.05, 0) is 18.8 Å². The number of hydrogen-bond donors (Lipinski definition) is 1. The van der Waals surface area contributed by atoms with E-state index in [4.69, 9.17) is 0 Å². The van der Waals surface area contributed by atoms with Crippen LogP contribution in [0, 0.1) is 5.92 Å². The van der Waals surface area contributed by atoms with Gasteiger partial charge in [-0.25, -0.2) is 0 Å². The van der Waals surface area contributed by atoms with Crippen LogP contribution in [-0.4, -0.2) is 39.6 Å². The van der Waals surface area contributed by atoms with E-state index in [-0.39, 0.29) is 23.8 Å². The van der Waals surface area contributed by atoms with Gasteiger partial charge in [-0.2, -0.15) is 5.10 Å². The summed E-state index contributed by atoms with van der Waals surface area (Å²) < 4.78 is 1.69. The molecule has 1 N–H and O–H groups in total. The molecule has 1 aromatic heterocycles. The van der Waals surface area contributed by atoms with Crippen molar-refractivity contribution < 1.29 is 9.59 Å². The summed E-state index contributed by atoms with van der Waals surface area (Å²) in [4.78, 5) is 27.1. The van der Waals surface area contributed by atoms with Crippen LogP contribution in [0.2, 0.25) is 0 Å². The molecule has 0 aliphatic heterocycles. The molecule has 0 atom stereocenters. The van der Waals surface area contributed by atoms with Crippen LogP contribution >= 0.6 is 0 Å². The van der Waals surface area contributed by atoms with Crippen molar-refractivity contribution in [2.45, 2.75) is 84.5 Å². The topological polar surface area (TPSA) is 67.2 Å². The predicted molar refractivity (Wildman–Crippen MR) is 113 cm³/mol. The van der Waals surface area contributed by atoms with Crippen LogP contribution in [0.25, 0.3) is 0 Å². The molecule has 6 nitrogen and oxygen atoms in total. The maximum absolute atomic E-state index is 12.7. The van der Waals surface area contributed by atoms with Crippen molar-refractivity contribution in [3.63, 3.8) is 0 Å². The minimum atomic E-state index is -0.159. The van der Waals surface area contributed by atoms with Crippen LogP contribution in [0.1, 0.15) is 84.8 Å². The summed E-state index contributed by atoms with van der Waals surface area (Å²) in [5.41, 5.74) is 0.852. The zero-order valence-corrected chi connectivity index (χ0v) is 18.4. The highest BCUT2D eigenvalue weighted by Crippen LogP contribution is 2.28. The highest BCUT2D eigenvalue weighted by Gasteiger charge is 2.22. The Morgan fingerprint density at radius 2 is 1.96 bits per heavy atom. The molecule has 1 aromatic rings. The average Bonchev–Trinajstić information content (AvgIpc) is 3.26. The minimum Gasteiger partial charge on any atom is -0.333 e. The van der Waals surface area contributed by atoms with Gasteiger partial charge in [-0.15, -0.1) is 0 Å². The van der Waals surface area contributed by atoms with Gasteiger partial charge in [-0.3, -0.25) is 14.3 Å². The van der Waals surface area contributed by atoms with Gasteiger partial charge in [0, 0.05) is 31.5 Å². The third-order valence-corrected chi connectivity index (χ3v) is 5.63. The van der Waals surface area contributed by atoms with Crippen LogP contribution in [0.5, 0.6) is 0 Å². The Labute approximate surface area is 170 Å². The van der Waals surface area contributed by atoms with E-state index >= 15 is 0 Å². The molecule has 2 amide bonds. The standard InChI is InChI=1S/C22H38N4O2/c1-6-7-14-26(21(28)13-12-17-10-8-9-11-17)16-20(27)23-19-15-18(22(2,3)4)24-25(19)5/h15,17H,6-14,16H2,1-5H3,(H,23,27). The molecular formula is C22H38N4O2. The van der Waals surface area contributed by atoms with Crippen molar-refractivity contribution in [2.75, 3.05) is 18.4 Å². The lowest BCUT2D eigenvalue weighted by molar-refractivity contribution is -0.135. The summed E-state index contributed by atoms with van der Waals surface area (Å²) in [7, 11) is 1.83. The number of aromatic nitrogens is 2. The fourth-order valence-electron chi connectivity index (χ4n) is 3.73. The van der Waals surface area contributed by atoms with Crippen molar-refractivity contribution in [3.8, 4) is 0 Å². The summed E-state index contributed by atoms with van der Waals surface area (Å²) in [6.07, 6.45) is 8.52. The number of anilines is 1. The molecule has 158 valence electrons. The zero-order chi connectivity index (χ0) is 20.7. The first-order valence-corrected chi connectivity index (χ1v) is 10.8. The van der Waals surface area contributed by atoms with Crippen LogP contribution in [-0.2, 0) is 22.1 Å². The highest BCUT2D eigenvalue weighted by molar-refractivity contribution is 5.94. The lowest BCUT2D eigenvalue weighted by atomic mass is 9.92. The van der Waals surface area contributed by atoms with E-state index in [0.29, 0.717) is 24.7 Å². The summed E-state index contributed by atoms with van der Waals surface area (Å²) in [5, 5.41) is 7.42. The van der Waals surface area contributed by atoms with Gasteiger partial charge in [0.25, 0.3) is 0 Å². The fraction of sp³-hybridized carbons (Fsp3) is 0.773. The summed E-state index contributed by atoms with van der Waals surface area (Å²) in [6.45, 7) is 9.14. The number of rotatable bonds is 9. The quantitative estimate of drug-likeness (QED) is 0.685. The second-order valence-corrected chi connectivity index (χ2v) is 9.19. The third kappa shape index (κ3) is 6.64. The smallest absolute Gasteiger partial charge is 0.245 e. The van der Waals surface area contributed by atoms with Crippen molar-refractivity contribution in [1.82, 2.24) is 14.7 Å². The summed E-state index contributed by atoms with van der Waals surface area (Å²) in [5.74, 6) is 1.31. The number of carbonyl (C=O) groups excluding carboxylic acids is 2. The number of carbonyl (C=O) groups is 2. The fourth-order valence-corrected chi connectivity index (χ4v) is 3.73. The maximum Gasteiger partial charge on any atom is 0.245 e. The largest absolute Gasteiger partial charge is 0.333 e. The van der Waals surface area contributed by atoms with Crippen LogP contribution in [0.15, 0.2) is 6.07 Å². The minimum absolute atomic E-state index is 0.0793. The van der Waals surface area contributed by atoms with Gasteiger partial charge in [0.05, 0.1) is 12.2 Å². The Balaban J connectivity index is 1.93. The molecule has 0 bridgehead atoms. The zero-order valence-electron chi connectivity index (χ0n) is 18.4. The molecule has 1 aliphatic carbocycles. The molecule has 6 heteroatoms. The summed E-state index contributed by atoms with van der Waals surface area (Å²) >= 11 is 0. The van der Waals surface area contributed by atoms with E-state index in [9.17, 15) is 9.59 Å². The Morgan fingerprint density at radius 1 is 1.29 bits per heavy atom. The second kappa shape index (κ2) is 10.1. The van der Waals surface area contributed by atoms with E-state index in [2.05, 4.69) is 38.1 Å². The van der Waals surface area contributed by atoms with Crippen molar-refractivity contribution in [3.05, 3.63) is 11.8 Å². The molecule has 1 fully saturated rings. The van der Waals surface area contributed by atoms with Gasteiger partial charge < -0.3 is 10.2 Å². The third-order valence-electron chi connectivity index (χ3n) is 5.63. The number of unbranched alkanes of at least 4 members (excludes halogenated alkanes) is 1. The van der Waals surface area contributed by atoms with E-state index < -0.39 is 0 Å². The Kier molecular flexibility index (Phi) is 8.08. The number of nitrogens with zero attached hydrogens (tertiary/aromatic N) is 3. The van der Waals surface area contributed by atoms with E-state index in [1.54, 1.807) is 9.58 Å². The van der Waals surface area contributed by atoms with E-state index in [1.807, 2.05) is 13.1 Å². The van der Waals surface area contributed by atoms with Gasteiger partial charge in [0.1, 0.15) is 5.82 Å². The first kappa shape index (κ1) is 22.4. The normalized spacial score (nSPS) is 15.0. The molecule has 0 unspecified atom stereocenters. The predicted octanol–water partition coefficient (Wildman–Crippen LogP) is 4.26. The van der Waals surface area contributed by atoms with Crippen molar-refractivity contribution in [1.29, 1.82) is 0 Å². The molecule has 2 rings (SSSR count).